The second-order valence-electron chi connectivity index (χ2n) is 5.23. The van der Waals surface area contributed by atoms with Crippen molar-refractivity contribution in [3.63, 3.8) is 0 Å². The van der Waals surface area contributed by atoms with Crippen molar-refractivity contribution in [2.45, 2.75) is 50.4 Å². The maximum atomic E-state index is 5.94. The van der Waals surface area contributed by atoms with Crippen LogP contribution < -0.4 is 5.73 Å². The highest BCUT2D eigenvalue weighted by atomic mass is 14.8. The predicted octanol–water partition coefficient (Wildman–Crippen LogP) is 2.27. The molecular formula is C13H20N2. The van der Waals surface area contributed by atoms with Gasteiger partial charge >= 0.3 is 0 Å². The molecule has 0 radical (unpaired) electrons. The van der Waals surface area contributed by atoms with E-state index in [0.717, 1.165) is 6.54 Å². The molecule has 1 fully saturated rings. The Labute approximate surface area is 91.3 Å². The van der Waals surface area contributed by atoms with Crippen molar-refractivity contribution in [1.29, 1.82) is 0 Å². The number of H-pyrrole nitrogens is 1. The Hall–Kier alpha value is -0.760. The van der Waals surface area contributed by atoms with Crippen LogP contribution in [0.5, 0.6) is 0 Å². The minimum absolute atomic E-state index is 0.317. The van der Waals surface area contributed by atoms with Gasteiger partial charge in [0.1, 0.15) is 0 Å². The molecule has 1 aromatic rings. The normalized spacial score (nSPS) is 23.3. The summed E-state index contributed by atoms with van der Waals surface area (Å²) >= 11 is 0. The smallest absolute Gasteiger partial charge is 0.0227 e. The molecule has 0 aliphatic heterocycles. The van der Waals surface area contributed by atoms with Gasteiger partial charge in [-0.3, -0.25) is 0 Å². The average Bonchev–Trinajstić information content (AvgIpc) is 2.60. The predicted molar refractivity (Wildman–Crippen MR) is 62.0 cm³/mol. The summed E-state index contributed by atoms with van der Waals surface area (Å²) in [4.78, 5) is 3.65. The molecule has 3 N–H and O–H groups in total. The van der Waals surface area contributed by atoms with E-state index in [2.05, 4.69) is 11.1 Å². The average molecular weight is 204 g/mol. The number of aryl methyl sites for hydroxylation is 2. The molecule has 2 nitrogen and oxygen atoms in total. The molecule has 2 aliphatic rings. The summed E-state index contributed by atoms with van der Waals surface area (Å²) in [5, 5.41) is 0. The van der Waals surface area contributed by atoms with Gasteiger partial charge in [-0.05, 0) is 50.2 Å². The SMILES string of the molecule is NCC1(c2cc3c([nH]2)CCCC3)CCC1. The second-order valence-corrected chi connectivity index (χ2v) is 5.23. The van der Waals surface area contributed by atoms with Crippen LogP contribution in [0.15, 0.2) is 6.07 Å². The summed E-state index contributed by atoms with van der Waals surface area (Å²) in [5.74, 6) is 0. The van der Waals surface area contributed by atoms with Crippen LogP contribution in [0.25, 0.3) is 0 Å². The lowest BCUT2D eigenvalue weighted by Crippen LogP contribution is -2.41. The topological polar surface area (TPSA) is 41.8 Å². The lowest BCUT2D eigenvalue weighted by atomic mass is 9.66. The van der Waals surface area contributed by atoms with Crippen LogP contribution in [-0.2, 0) is 18.3 Å². The first kappa shape index (κ1) is 9.46. The van der Waals surface area contributed by atoms with E-state index in [9.17, 15) is 0 Å². The van der Waals surface area contributed by atoms with E-state index in [0.29, 0.717) is 5.41 Å². The summed E-state index contributed by atoms with van der Waals surface area (Å²) < 4.78 is 0. The van der Waals surface area contributed by atoms with Crippen molar-refractivity contribution in [3.05, 3.63) is 23.0 Å². The summed E-state index contributed by atoms with van der Waals surface area (Å²) in [6, 6.07) is 2.40. The lowest BCUT2D eigenvalue weighted by molar-refractivity contribution is 0.246. The third-order valence-electron chi connectivity index (χ3n) is 4.39. The second kappa shape index (κ2) is 3.38. The molecule has 0 spiro atoms. The van der Waals surface area contributed by atoms with E-state index in [-0.39, 0.29) is 0 Å². The molecule has 1 heterocycles. The minimum Gasteiger partial charge on any atom is -0.362 e. The van der Waals surface area contributed by atoms with Gasteiger partial charge in [-0.1, -0.05) is 6.42 Å². The van der Waals surface area contributed by atoms with E-state index in [4.69, 9.17) is 5.73 Å². The van der Waals surface area contributed by atoms with Crippen LogP contribution in [0, 0.1) is 0 Å². The van der Waals surface area contributed by atoms with Crippen LogP contribution in [0.3, 0.4) is 0 Å². The number of nitrogens with two attached hydrogens (primary N) is 1. The van der Waals surface area contributed by atoms with Gasteiger partial charge in [0.25, 0.3) is 0 Å². The summed E-state index contributed by atoms with van der Waals surface area (Å²) in [6.45, 7) is 0.812. The molecule has 1 saturated carbocycles. The Balaban J connectivity index is 1.95. The molecule has 82 valence electrons. The highest BCUT2D eigenvalue weighted by Crippen LogP contribution is 2.43. The zero-order chi connectivity index (χ0) is 10.3. The molecule has 1 aromatic heterocycles. The Kier molecular flexibility index (Phi) is 2.13. The Morgan fingerprint density at radius 3 is 2.60 bits per heavy atom. The molecular weight excluding hydrogens is 184 g/mol. The fourth-order valence-electron chi connectivity index (χ4n) is 3.08. The van der Waals surface area contributed by atoms with Crippen LogP contribution in [-0.4, -0.2) is 11.5 Å². The molecule has 0 unspecified atom stereocenters. The number of rotatable bonds is 2. The maximum absolute atomic E-state index is 5.94. The third kappa shape index (κ3) is 1.35. The van der Waals surface area contributed by atoms with Crippen molar-refractivity contribution < 1.29 is 0 Å². The zero-order valence-corrected chi connectivity index (χ0v) is 9.31. The van der Waals surface area contributed by atoms with E-state index in [1.807, 2.05) is 0 Å². The summed E-state index contributed by atoms with van der Waals surface area (Å²) in [7, 11) is 0. The molecule has 2 aliphatic carbocycles. The van der Waals surface area contributed by atoms with Crippen molar-refractivity contribution in [3.8, 4) is 0 Å². The van der Waals surface area contributed by atoms with Gasteiger partial charge in [-0.2, -0.15) is 0 Å². The Morgan fingerprint density at radius 2 is 2.00 bits per heavy atom. The number of fused-ring (bicyclic) bond motifs is 1. The van der Waals surface area contributed by atoms with Crippen molar-refractivity contribution in [2.75, 3.05) is 6.54 Å². The number of hydrogen-bond donors (Lipinski definition) is 2. The molecule has 2 heteroatoms. The largest absolute Gasteiger partial charge is 0.362 e. The number of aromatic nitrogens is 1. The number of aromatic amines is 1. The van der Waals surface area contributed by atoms with Crippen LogP contribution in [0.2, 0.25) is 0 Å². The van der Waals surface area contributed by atoms with Crippen LogP contribution in [0.1, 0.15) is 49.1 Å². The molecule has 0 bridgehead atoms. The van der Waals surface area contributed by atoms with E-state index >= 15 is 0 Å². The van der Waals surface area contributed by atoms with Crippen LogP contribution >= 0.6 is 0 Å². The van der Waals surface area contributed by atoms with Crippen molar-refractivity contribution in [2.24, 2.45) is 5.73 Å². The summed E-state index contributed by atoms with van der Waals surface area (Å²) in [5.41, 5.74) is 10.8. The molecule has 0 amide bonds. The quantitative estimate of drug-likeness (QED) is 0.762. The highest BCUT2D eigenvalue weighted by Gasteiger charge is 2.39. The van der Waals surface area contributed by atoms with Gasteiger partial charge in [-0.15, -0.1) is 0 Å². The highest BCUT2D eigenvalue weighted by molar-refractivity contribution is 5.34. The molecule has 15 heavy (non-hydrogen) atoms. The van der Waals surface area contributed by atoms with Crippen LogP contribution in [0.4, 0.5) is 0 Å². The van der Waals surface area contributed by atoms with Crippen molar-refractivity contribution in [1.82, 2.24) is 4.98 Å². The first-order valence-electron chi connectivity index (χ1n) is 6.25. The molecule has 0 atom stereocenters. The zero-order valence-electron chi connectivity index (χ0n) is 9.31. The first-order valence-corrected chi connectivity index (χ1v) is 6.25. The van der Waals surface area contributed by atoms with Gasteiger partial charge in [0.05, 0.1) is 0 Å². The van der Waals surface area contributed by atoms with Gasteiger partial charge in [0, 0.05) is 23.3 Å². The first-order chi connectivity index (χ1) is 7.34. The number of nitrogens with one attached hydrogen (secondary N) is 1. The Morgan fingerprint density at radius 1 is 1.20 bits per heavy atom. The maximum Gasteiger partial charge on any atom is 0.0227 e. The monoisotopic (exact) mass is 204 g/mol. The van der Waals surface area contributed by atoms with E-state index in [1.165, 1.54) is 56.3 Å². The van der Waals surface area contributed by atoms with Gasteiger partial charge in [0.2, 0.25) is 0 Å². The molecule has 3 rings (SSSR count). The van der Waals surface area contributed by atoms with Crippen molar-refractivity contribution >= 4 is 0 Å². The van der Waals surface area contributed by atoms with Gasteiger partial charge in [-0.25, -0.2) is 0 Å². The third-order valence-corrected chi connectivity index (χ3v) is 4.39. The lowest BCUT2D eigenvalue weighted by Gasteiger charge is -2.40. The van der Waals surface area contributed by atoms with E-state index in [1.54, 1.807) is 5.56 Å². The Bertz CT molecular complexity index is 332. The van der Waals surface area contributed by atoms with Gasteiger partial charge in [0.15, 0.2) is 0 Å². The number of hydrogen-bond acceptors (Lipinski definition) is 1. The standard InChI is InChI=1S/C13H20N2/c14-9-13(6-3-7-13)12-8-10-4-1-2-5-11(10)15-12/h8,15H,1-7,9,14H2. The summed E-state index contributed by atoms with van der Waals surface area (Å²) in [6.07, 6.45) is 9.14. The minimum atomic E-state index is 0.317. The fraction of sp³-hybridized carbons (Fsp3) is 0.692. The fourth-order valence-corrected chi connectivity index (χ4v) is 3.08. The van der Waals surface area contributed by atoms with Gasteiger partial charge < -0.3 is 10.7 Å². The molecule has 0 saturated heterocycles. The van der Waals surface area contributed by atoms with E-state index < -0.39 is 0 Å². The molecule has 0 aromatic carbocycles.